The molecule has 3 rings (SSSR count). The van der Waals surface area contributed by atoms with E-state index in [1.807, 2.05) is 60.5 Å². The van der Waals surface area contributed by atoms with Gasteiger partial charge in [0.1, 0.15) is 5.82 Å². The predicted octanol–water partition coefficient (Wildman–Crippen LogP) is 5.89. The molecule has 1 atom stereocenters. The van der Waals surface area contributed by atoms with Crippen molar-refractivity contribution in [1.82, 2.24) is 4.90 Å². The maximum absolute atomic E-state index is 13.4. The fraction of sp³-hybridized carbons (Fsp3) is 0.308. The largest absolute Gasteiger partial charge is 0.377 e. The molecule has 5 nitrogen and oxygen atoms in total. The minimum Gasteiger partial charge on any atom is -0.377 e. The fourth-order valence-electron chi connectivity index (χ4n) is 3.53. The third kappa shape index (κ3) is 5.99. The first-order valence-electron chi connectivity index (χ1n) is 10.9. The number of carbonyl (C=O) groups is 2. The summed E-state index contributed by atoms with van der Waals surface area (Å²) >= 11 is 1.38. The molecule has 0 aliphatic carbocycles. The quantitative estimate of drug-likeness (QED) is 0.449. The van der Waals surface area contributed by atoms with Crippen molar-refractivity contribution in [2.45, 2.75) is 33.4 Å². The van der Waals surface area contributed by atoms with Crippen LogP contribution in [0.15, 0.2) is 60.0 Å². The zero-order chi connectivity index (χ0) is 24.1. The molecule has 174 valence electrons. The molecule has 0 aliphatic rings. The average Bonchev–Trinajstić information content (AvgIpc) is 3.32. The van der Waals surface area contributed by atoms with E-state index in [2.05, 4.69) is 19.2 Å². The van der Waals surface area contributed by atoms with Crippen LogP contribution in [0.3, 0.4) is 0 Å². The van der Waals surface area contributed by atoms with Crippen LogP contribution in [0.5, 0.6) is 0 Å². The minimum absolute atomic E-state index is 0.0538. The highest BCUT2D eigenvalue weighted by molar-refractivity contribution is 7.12. The summed E-state index contributed by atoms with van der Waals surface area (Å²) in [5.41, 5.74) is 2.97. The van der Waals surface area contributed by atoms with E-state index in [9.17, 15) is 14.0 Å². The van der Waals surface area contributed by atoms with E-state index in [0.717, 1.165) is 11.3 Å². The zero-order valence-corrected chi connectivity index (χ0v) is 20.4. The lowest BCUT2D eigenvalue weighted by Gasteiger charge is -2.33. The summed E-state index contributed by atoms with van der Waals surface area (Å²) in [5, 5.41) is 4.81. The molecular weight excluding hydrogens is 437 g/mol. The second kappa shape index (κ2) is 10.6. The molecule has 3 aromatic rings. The Bertz CT molecular complexity index is 1100. The number of anilines is 2. The Morgan fingerprint density at radius 3 is 2.30 bits per heavy atom. The Morgan fingerprint density at radius 2 is 1.73 bits per heavy atom. The maximum Gasteiger partial charge on any atom is 0.265 e. The first-order chi connectivity index (χ1) is 15.7. The zero-order valence-electron chi connectivity index (χ0n) is 19.6. The Morgan fingerprint density at radius 1 is 1.03 bits per heavy atom. The molecule has 0 saturated heterocycles. The Labute approximate surface area is 198 Å². The van der Waals surface area contributed by atoms with Gasteiger partial charge in [-0.05, 0) is 72.3 Å². The lowest BCUT2D eigenvalue weighted by Crippen LogP contribution is -2.41. The van der Waals surface area contributed by atoms with Crippen LogP contribution in [0, 0.1) is 11.7 Å². The first kappa shape index (κ1) is 24.5. The minimum atomic E-state index is -0.376. The van der Waals surface area contributed by atoms with Gasteiger partial charge < -0.3 is 15.1 Å². The predicted molar refractivity (Wildman–Crippen MR) is 134 cm³/mol. The summed E-state index contributed by atoms with van der Waals surface area (Å²) in [6.45, 7) is 6.51. The number of nitrogens with one attached hydrogen (secondary N) is 1. The number of halogens is 1. The van der Waals surface area contributed by atoms with Crippen LogP contribution in [0.2, 0.25) is 0 Å². The highest BCUT2D eigenvalue weighted by atomic mass is 32.1. The summed E-state index contributed by atoms with van der Waals surface area (Å²) in [5.74, 6) is -0.477. The van der Waals surface area contributed by atoms with Gasteiger partial charge in [-0.15, -0.1) is 11.3 Å². The standard InChI is InChI=1S/C26H30FN3O2S/c1-17(2)18(3)30(26(32)19-8-10-21(27)11-9-19)16-20-15-22(12-13-23(20)29(4)5)28-25(31)24-7-6-14-33-24/h6-15,17-18H,16H2,1-5H3,(H,28,31). The van der Waals surface area contributed by atoms with Crippen molar-refractivity contribution in [3.63, 3.8) is 0 Å². The summed E-state index contributed by atoms with van der Waals surface area (Å²) in [6, 6.07) is 14.9. The second-order valence-electron chi connectivity index (χ2n) is 8.59. The second-order valence-corrected chi connectivity index (χ2v) is 9.54. The van der Waals surface area contributed by atoms with Gasteiger partial charge in [-0.1, -0.05) is 19.9 Å². The van der Waals surface area contributed by atoms with Gasteiger partial charge in [0.15, 0.2) is 0 Å². The Balaban J connectivity index is 1.95. The van der Waals surface area contributed by atoms with Gasteiger partial charge >= 0.3 is 0 Å². The summed E-state index contributed by atoms with van der Waals surface area (Å²) < 4.78 is 13.4. The molecule has 1 heterocycles. The molecule has 1 N–H and O–H groups in total. The number of amides is 2. The van der Waals surface area contributed by atoms with Gasteiger partial charge in [0.2, 0.25) is 0 Å². The summed E-state index contributed by atoms with van der Waals surface area (Å²) in [7, 11) is 3.89. The van der Waals surface area contributed by atoms with Crippen molar-refractivity contribution in [2.75, 3.05) is 24.3 Å². The van der Waals surface area contributed by atoms with Gasteiger partial charge in [-0.3, -0.25) is 9.59 Å². The van der Waals surface area contributed by atoms with Crippen molar-refractivity contribution in [2.24, 2.45) is 5.92 Å². The van der Waals surface area contributed by atoms with Gasteiger partial charge in [-0.25, -0.2) is 4.39 Å². The summed E-state index contributed by atoms with van der Waals surface area (Å²) in [6.07, 6.45) is 0. The molecule has 0 saturated carbocycles. The topological polar surface area (TPSA) is 52.7 Å². The maximum atomic E-state index is 13.4. The van der Waals surface area contributed by atoms with Crippen LogP contribution < -0.4 is 10.2 Å². The van der Waals surface area contributed by atoms with Crippen molar-refractivity contribution >= 4 is 34.5 Å². The van der Waals surface area contributed by atoms with E-state index in [1.165, 1.54) is 35.6 Å². The number of carbonyl (C=O) groups excluding carboxylic acids is 2. The Kier molecular flexibility index (Phi) is 7.87. The molecule has 0 radical (unpaired) electrons. The van der Waals surface area contributed by atoms with Crippen LogP contribution in [-0.2, 0) is 6.54 Å². The molecule has 7 heteroatoms. The van der Waals surface area contributed by atoms with Crippen molar-refractivity contribution < 1.29 is 14.0 Å². The molecule has 2 aromatic carbocycles. The van der Waals surface area contributed by atoms with Gasteiger partial charge in [0, 0.05) is 43.6 Å². The highest BCUT2D eigenvalue weighted by Gasteiger charge is 2.25. The third-order valence-electron chi connectivity index (χ3n) is 5.71. The molecule has 0 spiro atoms. The molecule has 33 heavy (non-hydrogen) atoms. The number of rotatable bonds is 8. The highest BCUT2D eigenvalue weighted by Crippen LogP contribution is 2.28. The number of thiophene rings is 1. The monoisotopic (exact) mass is 467 g/mol. The van der Waals surface area contributed by atoms with Crippen LogP contribution in [0.1, 0.15) is 46.4 Å². The van der Waals surface area contributed by atoms with Crippen LogP contribution >= 0.6 is 11.3 Å². The average molecular weight is 468 g/mol. The van der Waals surface area contributed by atoms with Crippen LogP contribution in [-0.4, -0.2) is 36.9 Å². The number of benzene rings is 2. The number of nitrogens with zero attached hydrogens (tertiary/aromatic N) is 2. The molecule has 2 amide bonds. The lowest BCUT2D eigenvalue weighted by atomic mass is 10.0. The molecule has 0 aliphatic heterocycles. The van der Waals surface area contributed by atoms with E-state index < -0.39 is 0 Å². The Hall–Kier alpha value is -3.19. The van der Waals surface area contributed by atoms with Gasteiger partial charge in [-0.2, -0.15) is 0 Å². The van der Waals surface area contributed by atoms with Crippen molar-refractivity contribution in [3.05, 3.63) is 81.8 Å². The fourth-order valence-corrected chi connectivity index (χ4v) is 4.15. The van der Waals surface area contributed by atoms with E-state index in [0.29, 0.717) is 22.7 Å². The van der Waals surface area contributed by atoms with Gasteiger partial charge in [0.25, 0.3) is 11.8 Å². The number of hydrogen-bond donors (Lipinski definition) is 1. The van der Waals surface area contributed by atoms with Crippen LogP contribution in [0.25, 0.3) is 0 Å². The molecular formula is C26H30FN3O2S. The van der Waals surface area contributed by atoms with Gasteiger partial charge in [0.05, 0.1) is 4.88 Å². The third-order valence-corrected chi connectivity index (χ3v) is 6.58. The molecule has 0 bridgehead atoms. The molecule has 0 fully saturated rings. The lowest BCUT2D eigenvalue weighted by molar-refractivity contribution is 0.0628. The van der Waals surface area contributed by atoms with Crippen molar-refractivity contribution in [1.29, 1.82) is 0 Å². The number of hydrogen-bond acceptors (Lipinski definition) is 4. The molecule has 1 aromatic heterocycles. The normalized spacial score (nSPS) is 11.8. The van der Waals surface area contributed by atoms with Crippen LogP contribution in [0.4, 0.5) is 15.8 Å². The smallest absolute Gasteiger partial charge is 0.265 e. The van der Waals surface area contributed by atoms with E-state index in [1.54, 1.807) is 6.07 Å². The SMILES string of the molecule is CC(C)C(C)N(Cc1cc(NC(=O)c2cccs2)ccc1N(C)C)C(=O)c1ccc(F)cc1. The van der Waals surface area contributed by atoms with E-state index in [-0.39, 0.29) is 29.6 Å². The molecule has 1 unspecified atom stereocenters. The first-order valence-corrected chi connectivity index (χ1v) is 11.8. The van der Waals surface area contributed by atoms with Crippen molar-refractivity contribution in [3.8, 4) is 0 Å². The summed E-state index contributed by atoms with van der Waals surface area (Å²) in [4.78, 5) is 30.4. The van der Waals surface area contributed by atoms with E-state index in [4.69, 9.17) is 0 Å². The van der Waals surface area contributed by atoms with E-state index >= 15 is 0 Å².